The lowest BCUT2D eigenvalue weighted by atomic mass is 9.96. The van der Waals surface area contributed by atoms with Crippen LogP contribution >= 0.6 is 11.8 Å². The van der Waals surface area contributed by atoms with Crippen molar-refractivity contribution in [2.24, 2.45) is 5.92 Å². The van der Waals surface area contributed by atoms with Gasteiger partial charge in [0.2, 0.25) is 0 Å². The number of aromatic nitrogens is 1. The van der Waals surface area contributed by atoms with Gasteiger partial charge in [0.25, 0.3) is 0 Å². The molecule has 0 aliphatic heterocycles. The molecule has 9 heteroatoms. The van der Waals surface area contributed by atoms with Gasteiger partial charge in [-0.2, -0.15) is 8.78 Å². The molecule has 0 N–H and O–H groups in total. The number of benzene rings is 2. The Morgan fingerprint density at radius 1 is 1.08 bits per heavy atom. The molecular formula is C28H29F2NO5S. The highest BCUT2D eigenvalue weighted by molar-refractivity contribution is 8.13. The molecular weight excluding hydrogens is 500 g/mol. The first kappa shape index (κ1) is 26.7. The van der Waals surface area contributed by atoms with Gasteiger partial charge in [0.15, 0.2) is 11.5 Å². The lowest BCUT2D eigenvalue weighted by Crippen LogP contribution is -2.13. The van der Waals surface area contributed by atoms with E-state index < -0.39 is 18.0 Å². The van der Waals surface area contributed by atoms with Crippen molar-refractivity contribution in [2.45, 2.75) is 50.7 Å². The third-order valence-electron chi connectivity index (χ3n) is 6.09. The van der Waals surface area contributed by atoms with Gasteiger partial charge < -0.3 is 18.9 Å². The van der Waals surface area contributed by atoms with Crippen LogP contribution in [0.5, 0.6) is 17.2 Å². The molecule has 1 aliphatic carbocycles. The van der Waals surface area contributed by atoms with Crippen molar-refractivity contribution >= 4 is 17.1 Å². The molecule has 1 saturated carbocycles. The first-order chi connectivity index (χ1) is 17.8. The Bertz CT molecular complexity index is 1210. The number of thioether (sulfide) groups is 1. The van der Waals surface area contributed by atoms with Gasteiger partial charge in [-0.1, -0.05) is 12.1 Å². The summed E-state index contributed by atoms with van der Waals surface area (Å²) in [5.41, 5.74) is 3.53. The molecule has 1 heterocycles. The zero-order valence-electron chi connectivity index (χ0n) is 20.9. The molecule has 0 saturated heterocycles. The Labute approximate surface area is 219 Å². The highest BCUT2D eigenvalue weighted by atomic mass is 32.2. The minimum absolute atomic E-state index is 0.0495. The summed E-state index contributed by atoms with van der Waals surface area (Å²) >= 11 is 0.945. The number of carbonyl (C=O) groups is 1. The Kier molecular flexibility index (Phi) is 8.87. The van der Waals surface area contributed by atoms with Crippen molar-refractivity contribution in [1.82, 2.24) is 4.98 Å². The lowest BCUT2D eigenvalue weighted by molar-refractivity contribution is -0.0515. The average molecular weight is 530 g/mol. The summed E-state index contributed by atoms with van der Waals surface area (Å²) in [4.78, 5) is 17.9. The maximum Gasteiger partial charge on any atom is 0.387 e. The van der Waals surface area contributed by atoms with E-state index in [2.05, 4.69) is 9.72 Å². The third-order valence-corrected chi connectivity index (χ3v) is 6.84. The van der Waals surface area contributed by atoms with Crippen LogP contribution in [0.25, 0.3) is 0 Å². The second-order valence-electron chi connectivity index (χ2n) is 8.93. The molecule has 0 unspecified atom stereocenters. The lowest BCUT2D eigenvalue weighted by Gasteiger charge is -2.22. The molecule has 4 rings (SSSR count). The van der Waals surface area contributed by atoms with Gasteiger partial charge in [0.05, 0.1) is 13.7 Å². The number of pyridine rings is 1. The second-order valence-corrected chi connectivity index (χ2v) is 9.94. The topological polar surface area (TPSA) is 66.9 Å². The minimum atomic E-state index is -2.98. The Balaban J connectivity index is 1.62. The highest BCUT2D eigenvalue weighted by Gasteiger charge is 2.25. The molecule has 3 aromatic rings. The number of hydrogen-bond donors (Lipinski definition) is 0. The summed E-state index contributed by atoms with van der Waals surface area (Å²) in [5.74, 6) is 1.20. The molecule has 196 valence electrons. The van der Waals surface area contributed by atoms with Gasteiger partial charge >= 0.3 is 11.9 Å². The molecule has 1 aliphatic rings. The second kappa shape index (κ2) is 12.3. The van der Waals surface area contributed by atoms with Crippen LogP contribution in [0.3, 0.4) is 0 Å². The van der Waals surface area contributed by atoms with E-state index in [0.717, 1.165) is 41.3 Å². The predicted molar refractivity (Wildman–Crippen MR) is 137 cm³/mol. The van der Waals surface area contributed by atoms with Crippen LogP contribution in [0, 0.1) is 19.8 Å². The van der Waals surface area contributed by atoms with E-state index in [0.29, 0.717) is 35.2 Å². The first-order valence-corrected chi connectivity index (χ1v) is 12.8. The fraction of sp³-hybridized carbons (Fsp3) is 0.357. The number of aryl methyl sites for hydroxylation is 2. The fourth-order valence-electron chi connectivity index (χ4n) is 3.89. The maximum absolute atomic E-state index is 13.0. The van der Waals surface area contributed by atoms with Crippen molar-refractivity contribution in [3.05, 3.63) is 77.1 Å². The van der Waals surface area contributed by atoms with Gasteiger partial charge in [-0.3, -0.25) is 4.98 Å². The minimum Gasteiger partial charge on any atom is -0.497 e. The van der Waals surface area contributed by atoms with E-state index in [1.165, 1.54) is 6.07 Å². The summed E-state index contributed by atoms with van der Waals surface area (Å²) in [6, 6.07) is 11.8. The quantitative estimate of drug-likeness (QED) is 0.191. The van der Waals surface area contributed by atoms with E-state index in [4.69, 9.17) is 14.2 Å². The zero-order valence-corrected chi connectivity index (χ0v) is 21.7. The van der Waals surface area contributed by atoms with Crippen molar-refractivity contribution in [3.8, 4) is 17.2 Å². The van der Waals surface area contributed by atoms with Gasteiger partial charge in [-0.25, -0.2) is 4.79 Å². The number of nitrogens with zero attached hydrogens (tertiary/aromatic N) is 1. The van der Waals surface area contributed by atoms with E-state index >= 15 is 0 Å². The third kappa shape index (κ3) is 7.58. The number of carbonyl (C=O) groups excluding carboxylic acids is 1. The van der Waals surface area contributed by atoms with Crippen molar-refractivity contribution in [1.29, 1.82) is 0 Å². The number of halogens is 2. The summed E-state index contributed by atoms with van der Waals surface area (Å²) in [7, 11) is 1.56. The summed E-state index contributed by atoms with van der Waals surface area (Å²) < 4.78 is 47.8. The Hall–Kier alpha value is -3.33. The summed E-state index contributed by atoms with van der Waals surface area (Å²) in [6.45, 7) is 1.33. The molecule has 1 fully saturated rings. The summed E-state index contributed by atoms with van der Waals surface area (Å²) in [6.07, 6.45) is 5.29. The van der Waals surface area contributed by atoms with Crippen LogP contribution < -0.4 is 14.2 Å². The number of ether oxygens (including phenoxy) is 4. The van der Waals surface area contributed by atoms with Crippen molar-refractivity contribution < 1.29 is 32.5 Å². The van der Waals surface area contributed by atoms with Crippen LogP contribution in [-0.4, -0.2) is 30.6 Å². The molecule has 0 amide bonds. The normalized spacial score (nSPS) is 13.8. The van der Waals surface area contributed by atoms with Crippen LogP contribution in [-0.2, 0) is 11.2 Å². The van der Waals surface area contributed by atoms with Gasteiger partial charge in [-0.15, -0.1) is 0 Å². The van der Waals surface area contributed by atoms with E-state index in [1.54, 1.807) is 55.9 Å². The highest BCUT2D eigenvalue weighted by Crippen LogP contribution is 2.38. The van der Waals surface area contributed by atoms with E-state index in [1.807, 2.05) is 13.8 Å². The fourth-order valence-corrected chi connectivity index (χ4v) is 4.57. The van der Waals surface area contributed by atoms with E-state index in [-0.39, 0.29) is 11.5 Å². The SMILES string of the molecule is COc1cccc(SC(=O)O[C@@H](Cc2c(C)cncc2C)c2ccc(OC(F)F)c(OCC3CC3)c2)c1. The molecule has 1 aromatic heterocycles. The van der Waals surface area contributed by atoms with Gasteiger partial charge in [0, 0.05) is 23.7 Å². The number of methoxy groups -OCH3 is 1. The molecule has 37 heavy (non-hydrogen) atoms. The van der Waals surface area contributed by atoms with Crippen LogP contribution in [0.1, 0.15) is 41.2 Å². The first-order valence-electron chi connectivity index (χ1n) is 12.0. The number of alkyl halides is 2. The van der Waals surface area contributed by atoms with Crippen LogP contribution in [0.2, 0.25) is 0 Å². The number of rotatable bonds is 11. The van der Waals surface area contributed by atoms with Crippen molar-refractivity contribution in [3.63, 3.8) is 0 Å². The monoisotopic (exact) mass is 529 g/mol. The average Bonchev–Trinajstić information content (AvgIpc) is 3.69. The van der Waals surface area contributed by atoms with Gasteiger partial charge in [-0.05, 0) is 97.0 Å². The van der Waals surface area contributed by atoms with Crippen molar-refractivity contribution in [2.75, 3.05) is 13.7 Å². The predicted octanol–water partition coefficient (Wildman–Crippen LogP) is 7.31. The summed E-state index contributed by atoms with van der Waals surface area (Å²) in [5, 5.41) is -0.504. The molecule has 0 spiro atoms. The van der Waals surface area contributed by atoms with Crippen LogP contribution in [0.4, 0.5) is 13.6 Å². The zero-order chi connectivity index (χ0) is 26.4. The van der Waals surface area contributed by atoms with E-state index in [9.17, 15) is 13.6 Å². The Morgan fingerprint density at radius 3 is 2.51 bits per heavy atom. The standard InChI is InChI=1S/C28H29F2NO5S/c1-17-14-31-15-18(2)23(17)13-25(36-28(32)37-22-6-4-5-21(12-22)33-3)20-9-10-24(35-27(29)30)26(11-20)34-16-19-7-8-19/h4-6,9-12,14-15,19,25,27H,7-8,13,16H2,1-3H3/t25-/m0/s1. The molecule has 2 aromatic carbocycles. The smallest absolute Gasteiger partial charge is 0.387 e. The van der Waals surface area contributed by atoms with Crippen LogP contribution in [0.15, 0.2) is 59.8 Å². The number of hydrogen-bond acceptors (Lipinski definition) is 7. The molecule has 0 bridgehead atoms. The molecule has 6 nitrogen and oxygen atoms in total. The Morgan fingerprint density at radius 2 is 1.84 bits per heavy atom. The van der Waals surface area contributed by atoms with Gasteiger partial charge in [0.1, 0.15) is 11.9 Å². The molecule has 1 atom stereocenters. The maximum atomic E-state index is 13.0. The molecule has 0 radical (unpaired) electrons. The largest absolute Gasteiger partial charge is 0.497 e.